The van der Waals surface area contributed by atoms with E-state index in [2.05, 4.69) is 11.2 Å². The van der Waals surface area contributed by atoms with Gasteiger partial charge in [0.2, 0.25) is 6.41 Å². The van der Waals surface area contributed by atoms with E-state index in [1.54, 1.807) is 6.08 Å². The SMILES string of the molecule is C/C=C\C=C(\C#N)C1=C(CO)c2onc(CCC3CCN(C(O)OC(C)(C)C)CC3)c2CC1. The summed E-state index contributed by atoms with van der Waals surface area (Å²) < 4.78 is 11.4. The highest BCUT2D eigenvalue weighted by Crippen LogP contribution is 2.37. The van der Waals surface area contributed by atoms with E-state index in [0.29, 0.717) is 29.2 Å². The first-order chi connectivity index (χ1) is 15.8. The summed E-state index contributed by atoms with van der Waals surface area (Å²) in [5, 5.41) is 34.2. The Morgan fingerprint density at radius 3 is 2.67 bits per heavy atom. The molecule has 2 N–H and O–H groups in total. The van der Waals surface area contributed by atoms with Crippen LogP contribution in [0.3, 0.4) is 0 Å². The van der Waals surface area contributed by atoms with Crippen molar-refractivity contribution in [2.45, 2.75) is 78.2 Å². The molecule has 1 atom stereocenters. The first-order valence-corrected chi connectivity index (χ1v) is 11.9. The highest BCUT2D eigenvalue weighted by molar-refractivity contribution is 5.76. The van der Waals surface area contributed by atoms with Gasteiger partial charge in [-0.2, -0.15) is 5.26 Å². The van der Waals surface area contributed by atoms with Gasteiger partial charge in [-0.1, -0.05) is 17.3 Å². The molecule has 0 amide bonds. The largest absolute Gasteiger partial charge is 0.392 e. The van der Waals surface area contributed by atoms with Crippen molar-refractivity contribution in [1.29, 1.82) is 5.26 Å². The standard InChI is InChI=1S/C26H37N3O4/c1-5-6-7-19(16-27)20-9-10-21-23(28-33-24(21)22(20)17-30)11-8-18-12-14-29(15-13-18)25(31)32-26(2,3)4/h5-7,18,25,30-31H,8-15,17H2,1-4H3/b6-5-,19-7-. The Morgan fingerprint density at radius 2 is 2.06 bits per heavy atom. The first-order valence-electron chi connectivity index (χ1n) is 11.9. The Morgan fingerprint density at radius 1 is 1.33 bits per heavy atom. The summed E-state index contributed by atoms with van der Waals surface area (Å²) in [6.45, 7) is 9.19. The van der Waals surface area contributed by atoms with Gasteiger partial charge in [-0.05, 0) is 83.8 Å². The van der Waals surface area contributed by atoms with Crippen LogP contribution >= 0.6 is 0 Å². The molecule has 2 heterocycles. The topological polar surface area (TPSA) is 103 Å². The van der Waals surface area contributed by atoms with Crippen molar-refractivity contribution in [3.05, 3.63) is 46.4 Å². The maximum absolute atomic E-state index is 10.3. The number of hydrogen-bond donors (Lipinski definition) is 2. The zero-order valence-electron chi connectivity index (χ0n) is 20.3. The lowest BCUT2D eigenvalue weighted by Crippen LogP contribution is -2.45. The van der Waals surface area contributed by atoms with Crippen LogP contribution in [-0.2, 0) is 17.6 Å². The first kappa shape index (κ1) is 25.4. The van der Waals surface area contributed by atoms with Crippen LogP contribution in [0.5, 0.6) is 0 Å². The summed E-state index contributed by atoms with van der Waals surface area (Å²) in [7, 11) is 0. The predicted molar refractivity (Wildman–Crippen MR) is 127 cm³/mol. The van der Waals surface area contributed by atoms with Crippen LogP contribution in [-0.4, -0.2) is 52.0 Å². The fourth-order valence-corrected chi connectivity index (χ4v) is 4.63. The number of aliphatic hydroxyl groups is 2. The van der Waals surface area contributed by atoms with Crippen LogP contribution in [0.25, 0.3) is 5.57 Å². The molecule has 0 radical (unpaired) electrons. The van der Waals surface area contributed by atoms with E-state index in [1.807, 2.05) is 44.7 Å². The molecule has 2 aliphatic rings. The van der Waals surface area contributed by atoms with Gasteiger partial charge in [-0.25, -0.2) is 0 Å². The molecular formula is C26H37N3O4. The highest BCUT2D eigenvalue weighted by atomic mass is 16.6. The number of rotatable bonds is 8. The number of nitrogens with zero attached hydrogens (tertiary/aromatic N) is 3. The number of nitriles is 1. The number of likely N-dealkylation sites (tertiary alicyclic amines) is 1. The zero-order valence-corrected chi connectivity index (χ0v) is 20.3. The molecule has 1 aliphatic carbocycles. The van der Waals surface area contributed by atoms with E-state index in [9.17, 15) is 15.5 Å². The Kier molecular flexibility index (Phi) is 8.66. The van der Waals surface area contributed by atoms with Crippen molar-refractivity contribution >= 4 is 5.57 Å². The number of aromatic nitrogens is 1. The minimum atomic E-state index is -0.855. The Hall–Kier alpha value is -2.24. The smallest absolute Gasteiger partial charge is 0.216 e. The van der Waals surface area contributed by atoms with Gasteiger partial charge in [0.05, 0.1) is 29.5 Å². The minimum Gasteiger partial charge on any atom is -0.392 e. The molecule has 33 heavy (non-hydrogen) atoms. The summed E-state index contributed by atoms with van der Waals surface area (Å²) in [6.07, 6.45) is 9.96. The molecule has 1 unspecified atom stereocenters. The number of ether oxygens (including phenoxy) is 1. The van der Waals surface area contributed by atoms with Crippen molar-refractivity contribution in [3.63, 3.8) is 0 Å². The Bertz CT molecular complexity index is 938. The van der Waals surface area contributed by atoms with Crippen LogP contribution in [0, 0.1) is 17.2 Å². The lowest BCUT2D eigenvalue weighted by Gasteiger charge is -2.37. The monoisotopic (exact) mass is 455 g/mol. The van der Waals surface area contributed by atoms with E-state index in [1.165, 1.54) is 0 Å². The zero-order chi connectivity index (χ0) is 24.0. The fraction of sp³-hybridized carbons (Fsp3) is 0.615. The number of allylic oxidation sites excluding steroid dienone is 5. The average molecular weight is 456 g/mol. The second-order valence-electron chi connectivity index (χ2n) is 9.84. The Balaban J connectivity index is 1.62. The molecule has 3 rings (SSSR count). The molecule has 1 saturated heterocycles. The molecule has 1 aromatic rings. The number of piperidine rings is 1. The number of fused-ring (bicyclic) bond motifs is 1. The van der Waals surface area contributed by atoms with Gasteiger partial charge in [0.25, 0.3) is 0 Å². The molecule has 1 aliphatic heterocycles. The summed E-state index contributed by atoms with van der Waals surface area (Å²) in [6, 6.07) is 2.25. The average Bonchev–Trinajstić information content (AvgIpc) is 3.20. The summed E-state index contributed by atoms with van der Waals surface area (Å²) in [5.41, 5.74) is 3.73. The fourth-order valence-electron chi connectivity index (χ4n) is 4.63. The van der Waals surface area contributed by atoms with Crippen molar-refractivity contribution < 1.29 is 19.5 Å². The molecule has 0 bridgehead atoms. The van der Waals surface area contributed by atoms with E-state index < -0.39 is 6.41 Å². The second-order valence-corrected chi connectivity index (χ2v) is 9.84. The van der Waals surface area contributed by atoms with Crippen molar-refractivity contribution in [1.82, 2.24) is 10.1 Å². The maximum atomic E-state index is 10.3. The summed E-state index contributed by atoms with van der Waals surface area (Å²) >= 11 is 0. The van der Waals surface area contributed by atoms with E-state index in [-0.39, 0.29) is 12.2 Å². The molecule has 0 aromatic carbocycles. The maximum Gasteiger partial charge on any atom is 0.216 e. The van der Waals surface area contributed by atoms with Crippen LogP contribution in [0.15, 0.2) is 33.9 Å². The molecule has 7 nitrogen and oxygen atoms in total. The van der Waals surface area contributed by atoms with Gasteiger partial charge >= 0.3 is 0 Å². The van der Waals surface area contributed by atoms with Gasteiger partial charge in [-0.3, -0.25) is 4.90 Å². The van der Waals surface area contributed by atoms with Gasteiger partial charge in [0, 0.05) is 24.2 Å². The molecular weight excluding hydrogens is 418 g/mol. The van der Waals surface area contributed by atoms with Crippen molar-refractivity contribution in [3.8, 4) is 6.07 Å². The minimum absolute atomic E-state index is 0.177. The van der Waals surface area contributed by atoms with E-state index in [4.69, 9.17) is 9.26 Å². The lowest BCUT2D eigenvalue weighted by atomic mass is 9.84. The molecule has 1 aromatic heterocycles. The number of aliphatic hydroxyl groups excluding tert-OH is 2. The third-order valence-electron chi connectivity index (χ3n) is 6.40. The molecule has 0 spiro atoms. The second kappa shape index (κ2) is 11.3. The molecule has 180 valence electrons. The highest BCUT2D eigenvalue weighted by Gasteiger charge is 2.30. The predicted octanol–water partition coefficient (Wildman–Crippen LogP) is 4.13. The third kappa shape index (κ3) is 6.42. The third-order valence-corrected chi connectivity index (χ3v) is 6.40. The summed E-state index contributed by atoms with van der Waals surface area (Å²) in [5.74, 6) is 1.20. The molecule has 0 saturated carbocycles. The lowest BCUT2D eigenvalue weighted by molar-refractivity contribution is -0.243. The van der Waals surface area contributed by atoms with Crippen LogP contribution in [0.1, 0.15) is 70.4 Å². The van der Waals surface area contributed by atoms with Crippen molar-refractivity contribution in [2.75, 3.05) is 19.7 Å². The van der Waals surface area contributed by atoms with Crippen LogP contribution < -0.4 is 0 Å². The van der Waals surface area contributed by atoms with E-state index >= 15 is 0 Å². The number of aryl methyl sites for hydroxylation is 1. The van der Waals surface area contributed by atoms with Crippen LogP contribution in [0.2, 0.25) is 0 Å². The van der Waals surface area contributed by atoms with Gasteiger partial charge < -0.3 is 19.5 Å². The normalized spacial score (nSPS) is 19.7. The van der Waals surface area contributed by atoms with Crippen molar-refractivity contribution in [2.24, 2.45) is 5.92 Å². The molecule has 7 heteroatoms. The molecule has 1 fully saturated rings. The van der Waals surface area contributed by atoms with E-state index in [0.717, 1.165) is 62.0 Å². The van der Waals surface area contributed by atoms with Gasteiger partial charge in [-0.15, -0.1) is 0 Å². The quantitative estimate of drug-likeness (QED) is 0.345. The summed E-state index contributed by atoms with van der Waals surface area (Å²) in [4.78, 5) is 1.99. The Labute approximate surface area is 197 Å². The van der Waals surface area contributed by atoms with Gasteiger partial charge in [0.1, 0.15) is 0 Å². The number of hydrogen-bond acceptors (Lipinski definition) is 7. The van der Waals surface area contributed by atoms with Crippen LogP contribution in [0.4, 0.5) is 0 Å². The van der Waals surface area contributed by atoms with Gasteiger partial charge in [0.15, 0.2) is 5.76 Å².